The molecule has 0 N–H and O–H groups in total. The molecule has 1 rings (SSSR count). The first-order chi connectivity index (χ1) is 5.16. The lowest BCUT2D eigenvalue weighted by Gasteiger charge is -1.96. The molecule has 0 aliphatic rings. The van der Waals surface area contributed by atoms with Gasteiger partial charge in [0.15, 0.2) is 0 Å². The standard InChI is InChI=1S/C7H2F2IN/c1-11-7-4(8)2-3-5(10)6(7)9/h2-3H. The zero-order valence-electron chi connectivity index (χ0n) is 5.24. The highest BCUT2D eigenvalue weighted by molar-refractivity contribution is 14.1. The van der Waals surface area contributed by atoms with Crippen LogP contribution in [0, 0.1) is 21.8 Å². The molecule has 0 amide bonds. The van der Waals surface area contributed by atoms with Crippen molar-refractivity contribution in [1.82, 2.24) is 0 Å². The Hall–Kier alpha value is -0.700. The third-order valence-electron chi connectivity index (χ3n) is 1.13. The summed E-state index contributed by atoms with van der Waals surface area (Å²) in [6.07, 6.45) is 0. The van der Waals surface area contributed by atoms with Gasteiger partial charge in [-0.05, 0) is 34.7 Å². The molecular formula is C7H2F2IN. The van der Waals surface area contributed by atoms with Crippen LogP contribution in [0.3, 0.4) is 0 Å². The normalized spacial score (nSPS) is 9.27. The van der Waals surface area contributed by atoms with Crippen molar-refractivity contribution in [3.8, 4) is 0 Å². The van der Waals surface area contributed by atoms with E-state index in [1.807, 2.05) is 0 Å². The lowest BCUT2D eigenvalue weighted by Crippen LogP contribution is -1.84. The predicted octanol–water partition coefficient (Wildman–Crippen LogP) is 3.12. The molecule has 0 saturated carbocycles. The second-order valence-electron chi connectivity index (χ2n) is 1.80. The van der Waals surface area contributed by atoms with E-state index in [-0.39, 0.29) is 3.57 Å². The Balaban J connectivity index is 3.44. The smallest absolute Gasteiger partial charge is 0.232 e. The summed E-state index contributed by atoms with van der Waals surface area (Å²) in [4.78, 5) is 2.73. The van der Waals surface area contributed by atoms with E-state index in [9.17, 15) is 8.78 Å². The van der Waals surface area contributed by atoms with Crippen LogP contribution in [-0.2, 0) is 0 Å². The summed E-state index contributed by atoms with van der Waals surface area (Å²) in [5.41, 5.74) is -0.531. The van der Waals surface area contributed by atoms with Gasteiger partial charge in [-0.1, -0.05) is 0 Å². The van der Waals surface area contributed by atoms with Crippen molar-refractivity contribution in [2.75, 3.05) is 0 Å². The summed E-state index contributed by atoms with van der Waals surface area (Å²) in [5, 5.41) is 0. The van der Waals surface area contributed by atoms with Gasteiger partial charge in [0.05, 0.1) is 6.57 Å². The van der Waals surface area contributed by atoms with Gasteiger partial charge in [0.25, 0.3) is 5.69 Å². The van der Waals surface area contributed by atoms with E-state index < -0.39 is 17.3 Å². The van der Waals surface area contributed by atoms with Crippen LogP contribution in [0.2, 0.25) is 0 Å². The molecule has 0 heterocycles. The van der Waals surface area contributed by atoms with Crippen LogP contribution in [0.25, 0.3) is 4.85 Å². The zero-order chi connectivity index (χ0) is 8.43. The molecule has 0 aliphatic heterocycles. The Morgan fingerprint density at radius 3 is 2.45 bits per heavy atom. The third kappa shape index (κ3) is 1.48. The first-order valence-corrected chi connectivity index (χ1v) is 3.75. The van der Waals surface area contributed by atoms with Crippen LogP contribution in [0.4, 0.5) is 14.5 Å². The molecule has 0 bridgehead atoms. The van der Waals surface area contributed by atoms with Crippen molar-refractivity contribution in [1.29, 1.82) is 0 Å². The van der Waals surface area contributed by atoms with Crippen LogP contribution >= 0.6 is 22.6 Å². The van der Waals surface area contributed by atoms with Crippen molar-refractivity contribution in [3.63, 3.8) is 0 Å². The fourth-order valence-corrected chi connectivity index (χ4v) is 1.05. The second-order valence-corrected chi connectivity index (χ2v) is 2.97. The minimum atomic E-state index is -0.807. The molecule has 1 aromatic carbocycles. The third-order valence-corrected chi connectivity index (χ3v) is 1.96. The van der Waals surface area contributed by atoms with E-state index >= 15 is 0 Å². The molecule has 0 aromatic heterocycles. The lowest BCUT2D eigenvalue weighted by molar-refractivity contribution is 0.589. The molecular weight excluding hydrogens is 263 g/mol. The highest BCUT2D eigenvalue weighted by Gasteiger charge is 2.10. The lowest BCUT2D eigenvalue weighted by atomic mass is 10.3. The maximum atomic E-state index is 12.8. The molecule has 0 spiro atoms. The van der Waals surface area contributed by atoms with Gasteiger partial charge in [-0.3, -0.25) is 0 Å². The molecule has 1 aromatic rings. The van der Waals surface area contributed by atoms with Crippen LogP contribution in [0.5, 0.6) is 0 Å². The predicted molar refractivity (Wildman–Crippen MR) is 45.3 cm³/mol. The number of hydrogen-bond acceptors (Lipinski definition) is 0. The first kappa shape index (κ1) is 8.40. The summed E-state index contributed by atoms with van der Waals surface area (Å²) in [7, 11) is 0. The average Bonchev–Trinajstić information content (AvgIpc) is 1.99. The van der Waals surface area contributed by atoms with E-state index in [2.05, 4.69) is 4.85 Å². The van der Waals surface area contributed by atoms with E-state index in [0.29, 0.717) is 0 Å². The number of nitrogens with zero attached hydrogens (tertiary/aromatic N) is 1. The van der Waals surface area contributed by atoms with Gasteiger partial charge in [0.1, 0.15) is 11.6 Å². The van der Waals surface area contributed by atoms with Crippen molar-refractivity contribution in [2.45, 2.75) is 0 Å². The summed E-state index contributed by atoms with van der Waals surface area (Å²) in [6.45, 7) is 6.46. The quantitative estimate of drug-likeness (QED) is 0.385. The van der Waals surface area contributed by atoms with Crippen molar-refractivity contribution in [3.05, 3.63) is 38.8 Å². The number of halogens is 3. The SMILES string of the molecule is [C-]#[N+]c1c(F)ccc(I)c1F. The van der Waals surface area contributed by atoms with E-state index in [0.717, 1.165) is 6.07 Å². The largest absolute Gasteiger partial charge is 0.257 e. The minimum absolute atomic E-state index is 0.259. The molecule has 0 fully saturated rings. The molecule has 4 heteroatoms. The monoisotopic (exact) mass is 265 g/mol. The van der Waals surface area contributed by atoms with E-state index in [4.69, 9.17) is 6.57 Å². The minimum Gasteiger partial charge on any atom is -0.232 e. The maximum absolute atomic E-state index is 12.8. The summed E-state index contributed by atoms with van der Waals surface area (Å²) in [5.74, 6) is -1.58. The van der Waals surface area contributed by atoms with Gasteiger partial charge in [0.2, 0.25) is 0 Å². The van der Waals surface area contributed by atoms with Gasteiger partial charge in [-0.15, -0.1) is 0 Å². The van der Waals surface area contributed by atoms with Gasteiger partial charge in [-0.25, -0.2) is 13.6 Å². The van der Waals surface area contributed by atoms with Crippen LogP contribution in [-0.4, -0.2) is 0 Å². The second kappa shape index (κ2) is 3.13. The van der Waals surface area contributed by atoms with Crippen molar-refractivity contribution in [2.24, 2.45) is 0 Å². The van der Waals surface area contributed by atoms with Crippen molar-refractivity contribution < 1.29 is 8.78 Å². The van der Waals surface area contributed by atoms with E-state index in [1.54, 1.807) is 22.6 Å². The molecule has 11 heavy (non-hydrogen) atoms. The highest BCUT2D eigenvalue weighted by atomic mass is 127. The summed E-state index contributed by atoms with van der Waals surface area (Å²) in [6, 6.07) is 2.37. The molecule has 56 valence electrons. The average molecular weight is 265 g/mol. The molecule has 1 nitrogen and oxygen atoms in total. The number of rotatable bonds is 0. The summed E-state index contributed by atoms with van der Waals surface area (Å²) >= 11 is 1.70. The van der Waals surface area contributed by atoms with Crippen LogP contribution in [0.1, 0.15) is 0 Å². The van der Waals surface area contributed by atoms with Gasteiger partial charge < -0.3 is 0 Å². The topological polar surface area (TPSA) is 4.36 Å². The first-order valence-electron chi connectivity index (χ1n) is 2.67. The zero-order valence-corrected chi connectivity index (χ0v) is 7.39. The van der Waals surface area contributed by atoms with Crippen LogP contribution in [0.15, 0.2) is 12.1 Å². The van der Waals surface area contributed by atoms with Crippen molar-refractivity contribution >= 4 is 28.3 Å². The Morgan fingerprint density at radius 2 is 2.00 bits per heavy atom. The fraction of sp³-hybridized carbons (Fsp3) is 0. The fourth-order valence-electron chi connectivity index (χ4n) is 0.619. The Labute approximate surface area is 76.0 Å². The van der Waals surface area contributed by atoms with Crippen LogP contribution < -0.4 is 0 Å². The molecule has 0 unspecified atom stereocenters. The summed E-state index contributed by atoms with van der Waals surface area (Å²) < 4.78 is 25.6. The molecule has 0 aliphatic carbocycles. The van der Waals surface area contributed by atoms with Gasteiger partial charge in [0, 0.05) is 3.57 Å². The van der Waals surface area contributed by atoms with Gasteiger partial charge >= 0.3 is 0 Å². The maximum Gasteiger partial charge on any atom is 0.257 e. The Kier molecular flexibility index (Phi) is 2.39. The van der Waals surface area contributed by atoms with E-state index in [1.165, 1.54) is 6.07 Å². The molecule has 0 radical (unpaired) electrons. The Morgan fingerprint density at radius 1 is 1.36 bits per heavy atom. The number of hydrogen-bond donors (Lipinski definition) is 0. The highest BCUT2D eigenvalue weighted by Crippen LogP contribution is 2.25. The Bertz CT molecular complexity index is 330. The molecule has 0 atom stereocenters. The number of benzene rings is 1. The molecule has 0 saturated heterocycles. The van der Waals surface area contributed by atoms with Gasteiger partial charge in [-0.2, -0.15) is 0 Å².